The van der Waals surface area contributed by atoms with Gasteiger partial charge in [-0.05, 0) is 43.7 Å². The topological polar surface area (TPSA) is 64.1 Å². The summed E-state index contributed by atoms with van der Waals surface area (Å²) in [4.78, 5) is 22.6. The minimum absolute atomic E-state index is 0. The van der Waals surface area contributed by atoms with Crippen molar-refractivity contribution in [3.63, 3.8) is 0 Å². The molecule has 1 saturated heterocycles. The Morgan fingerprint density at radius 3 is 2.66 bits per heavy atom. The molecule has 0 radical (unpaired) electrons. The van der Waals surface area contributed by atoms with Gasteiger partial charge in [0.2, 0.25) is 0 Å². The van der Waals surface area contributed by atoms with Crippen molar-refractivity contribution in [1.29, 1.82) is 0 Å². The third kappa shape index (κ3) is 6.73. The highest BCUT2D eigenvalue weighted by atomic mass is 35.5. The molecule has 1 amide bonds. The normalized spacial score (nSPS) is 13.7. The largest absolute Gasteiger partial charge is 0.497 e. The van der Waals surface area contributed by atoms with Crippen LogP contribution in [0.5, 0.6) is 11.5 Å². The maximum absolute atomic E-state index is 13.6. The van der Waals surface area contributed by atoms with Crippen molar-refractivity contribution in [3.8, 4) is 22.8 Å². The number of methoxy groups -OCH3 is 2. The number of carbonyl (C=O) groups excluding carboxylic acids is 1. The maximum atomic E-state index is 13.6. The molecule has 0 atom stereocenters. The van der Waals surface area contributed by atoms with Crippen LogP contribution < -0.4 is 14.4 Å². The van der Waals surface area contributed by atoms with Crippen LogP contribution in [-0.2, 0) is 4.74 Å². The van der Waals surface area contributed by atoms with Gasteiger partial charge in [-0.1, -0.05) is 17.7 Å². The third-order valence-electron chi connectivity index (χ3n) is 5.88. The van der Waals surface area contributed by atoms with Gasteiger partial charge < -0.3 is 14.2 Å². The lowest BCUT2D eigenvalue weighted by molar-refractivity contribution is 0.0376. The molecule has 1 fully saturated rings. The Hall–Kier alpha value is -2.65. The van der Waals surface area contributed by atoms with Crippen molar-refractivity contribution in [3.05, 3.63) is 59.0 Å². The Bertz CT molecular complexity index is 1120. The zero-order valence-corrected chi connectivity index (χ0v) is 22.0. The summed E-state index contributed by atoms with van der Waals surface area (Å²) < 4.78 is 16.4. The average molecular weight is 518 g/mol. The molecular weight excluding hydrogens is 486 g/mol. The van der Waals surface area contributed by atoms with E-state index in [-0.39, 0.29) is 18.3 Å². The van der Waals surface area contributed by atoms with Gasteiger partial charge in [-0.25, -0.2) is 4.98 Å². The SMILES string of the molecule is COc1ccc(OC)c(-c2csc(N(CCCN3CCOCC3)C(=O)c3cccc(C)c3)n2)c1.Cl. The van der Waals surface area contributed by atoms with E-state index in [1.807, 2.05) is 54.8 Å². The predicted octanol–water partition coefficient (Wildman–Crippen LogP) is 4.93. The van der Waals surface area contributed by atoms with Crippen molar-refractivity contribution in [2.75, 3.05) is 58.5 Å². The number of thiazole rings is 1. The standard InChI is InChI=1S/C26H31N3O4S.ClH/c1-19-6-4-7-20(16-19)25(30)29(11-5-10-28-12-14-33-15-13-28)26-27-23(18-34-26)22-17-21(31-2)8-9-24(22)32-3;/h4,6-9,16-18H,5,10-15H2,1-3H3;1H. The summed E-state index contributed by atoms with van der Waals surface area (Å²) in [6.07, 6.45) is 0.856. The number of rotatable bonds is 9. The number of hydrogen-bond acceptors (Lipinski definition) is 7. The van der Waals surface area contributed by atoms with Crippen LogP contribution in [0.25, 0.3) is 11.3 Å². The van der Waals surface area contributed by atoms with Gasteiger partial charge >= 0.3 is 0 Å². The number of hydrogen-bond donors (Lipinski definition) is 0. The van der Waals surface area contributed by atoms with Crippen molar-refractivity contribution in [2.45, 2.75) is 13.3 Å². The smallest absolute Gasteiger partial charge is 0.260 e. The van der Waals surface area contributed by atoms with E-state index in [0.29, 0.717) is 23.0 Å². The van der Waals surface area contributed by atoms with E-state index in [4.69, 9.17) is 19.2 Å². The van der Waals surface area contributed by atoms with Gasteiger partial charge in [-0.3, -0.25) is 14.6 Å². The number of halogens is 1. The number of amides is 1. The number of morpholine rings is 1. The Morgan fingerprint density at radius 1 is 1.14 bits per heavy atom. The van der Waals surface area contributed by atoms with Gasteiger partial charge in [0, 0.05) is 42.7 Å². The number of benzene rings is 2. The Labute approximate surface area is 217 Å². The van der Waals surface area contributed by atoms with E-state index in [9.17, 15) is 4.79 Å². The second kappa shape index (κ2) is 12.9. The second-order valence-corrected chi connectivity index (χ2v) is 9.05. The summed E-state index contributed by atoms with van der Waals surface area (Å²) >= 11 is 1.46. The average Bonchev–Trinajstić information content (AvgIpc) is 3.36. The van der Waals surface area contributed by atoms with E-state index >= 15 is 0 Å². The van der Waals surface area contributed by atoms with Gasteiger partial charge in [0.05, 0.1) is 33.1 Å². The van der Waals surface area contributed by atoms with Crippen LogP contribution in [0.15, 0.2) is 47.8 Å². The molecule has 9 heteroatoms. The van der Waals surface area contributed by atoms with Gasteiger partial charge in [-0.15, -0.1) is 23.7 Å². The van der Waals surface area contributed by atoms with E-state index in [2.05, 4.69) is 4.90 Å². The van der Waals surface area contributed by atoms with Crippen LogP contribution in [0.4, 0.5) is 5.13 Å². The highest BCUT2D eigenvalue weighted by molar-refractivity contribution is 7.14. The molecule has 4 rings (SSSR count). The number of aromatic nitrogens is 1. The predicted molar refractivity (Wildman–Crippen MR) is 143 cm³/mol. The first-order valence-electron chi connectivity index (χ1n) is 11.5. The minimum Gasteiger partial charge on any atom is -0.497 e. The monoisotopic (exact) mass is 517 g/mol. The van der Waals surface area contributed by atoms with E-state index in [0.717, 1.165) is 61.8 Å². The molecular formula is C26H32ClN3O4S. The lowest BCUT2D eigenvalue weighted by Crippen LogP contribution is -2.39. The summed E-state index contributed by atoms with van der Waals surface area (Å²) in [6, 6.07) is 13.3. The Balaban J connectivity index is 0.00000342. The lowest BCUT2D eigenvalue weighted by atomic mass is 10.1. The molecule has 2 heterocycles. The summed E-state index contributed by atoms with van der Waals surface area (Å²) in [5.41, 5.74) is 3.31. The van der Waals surface area contributed by atoms with Crippen LogP contribution in [0, 0.1) is 6.92 Å². The third-order valence-corrected chi connectivity index (χ3v) is 6.74. The van der Waals surface area contributed by atoms with Crippen molar-refractivity contribution in [2.24, 2.45) is 0 Å². The molecule has 35 heavy (non-hydrogen) atoms. The molecule has 2 aromatic carbocycles. The van der Waals surface area contributed by atoms with Gasteiger partial charge in [0.15, 0.2) is 5.13 Å². The highest BCUT2D eigenvalue weighted by Gasteiger charge is 2.22. The van der Waals surface area contributed by atoms with Crippen molar-refractivity contribution < 1.29 is 19.0 Å². The quantitative estimate of drug-likeness (QED) is 0.401. The fraction of sp³-hybridized carbons (Fsp3) is 0.385. The molecule has 0 saturated carbocycles. The number of nitrogens with zero attached hydrogens (tertiary/aromatic N) is 3. The number of anilines is 1. The molecule has 0 bridgehead atoms. The molecule has 0 unspecified atom stereocenters. The van der Waals surface area contributed by atoms with Crippen molar-refractivity contribution in [1.82, 2.24) is 9.88 Å². The Morgan fingerprint density at radius 2 is 1.94 bits per heavy atom. The molecule has 1 aliphatic rings. The van der Waals surface area contributed by atoms with Crippen LogP contribution in [0.3, 0.4) is 0 Å². The summed E-state index contributed by atoms with van der Waals surface area (Å²) in [6.45, 7) is 6.91. The summed E-state index contributed by atoms with van der Waals surface area (Å²) in [7, 11) is 3.27. The number of carbonyl (C=O) groups is 1. The van der Waals surface area contributed by atoms with E-state index < -0.39 is 0 Å². The fourth-order valence-corrected chi connectivity index (χ4v) is 4.87. The van der Waals surface area contributed by atoms with Crippen LogP contribution in [0.1, 0.15) is 22.3 Å². The molecule has 0 spiro atoms. The molecule has 1 aliphatic heterocycles. The first kappa shape index (κ1) is 26.9. The highest BCUT2D eigenvalue weighted by Crippen LogP contribution is 2.36. The first-order chi connectivity index (χ1) is 16.6. The lowest BCUT2D eigenvalue weighted by Gasteiger charge is -2.27. The molecule has 188 valence electrons. The summed E-state index contributed by atoms with van der Waals surface area (Å²) in [5, 5.41) is 2.64. The molecule has 0 aliphatic carbocycles. The van der Waals surface area contributed by atoms with Crippen molar-refractivity contribution >= 4 is 34.8 Å². The number of ether oxygens (including phenoxy) is 3. The number of aryl methyl sites for hydroxylation is 1. The van der Waals surface area contributed by atoms with E-state index in [1.54, 1.807) is 19.1 Å². The van der Waals surface area contributed by atoms with Gasteiger partial charge in [0.25, 0.3) is 5.91 Å². The fourth-order valence-electron chi connectivity index (χ4n) is 4.02. The maximum Gasteiger partial charge on any atom is 0.260 e. The Kier molecular flexibility index (Phi) is 9.92. The van der Waals surface area contributed by atoms with Crippen LogP contribution >= 0.6 is 23.7 Å². The summed E-state index contributed by atoms with van der Waals surface area (Å²) in [5.74, 6) is 1.40. The van der Waals surface area contributed by atoms with Crippen LogP contribution in [-0.4, -0.2) is 69.4 Å². The van der Waals surface area contributed by atoms with Gasteiger partial charge in [0.1, 0.15) is 11.5 Å². The first-order valence-corrected chi connectivity index (χ1v) is 12.3. The van der Waals surface area contributed by atoms with E-state index in [1.165, 1.54) is 11.3 Å². The van der Waals surface area contributed by atoms with Gasteiger partial charge in [-0.2, -0.15) is 0 Å². The molecule has 0 N–H and O–H groups in total. The molecule has 1 aromatic heterocycles. The zero-order chi connectivity index (χ0) is 23.9. The minimum atomic E-state index is -0.0378. The van der Waals surface area contributed by atoms with Crippen LogP contribution in [0.2, 0.25) is 0 Å². The molecule has 3 aromatic rings. The zero-order valence-electron chi connectivity index (χ0n) is 20.4. The second-order valence-electron chi connectivity index (χ2n) is 8.22. The molecule has 7 nitrogen and oxygen atoms in total.